The minimum Gasteiger partial charge on any atom is -0.482 e. The van der Waals surface area contributed by atoms with Gasteiger partial charge in [-0.25, -0.2) is 4.98 Å². The summed E-state index contributed by atoms with van der Waals surface area (Å²) in [5, 5.41) is 2.82. The topological polar surface area (TPSA) is 55.6 Å². The maximum Gasteiger partial charge on any atom is 0.262 e. The number of pyridine rings is 1. The molecule has 0 bridgehead atoms. The van der Waals surface area contributed by atoms with Gasteiger partial charge < -0.3 is 14.5 Å². The van der Waals surface area contributed by atoms with Crippen molar-refractivity contribution in [3.8, 4) is 17.0 Å². The molecule has 3 heterocycles. The lowest BCUT2D eigenvalue weighted by atomic mass is 10.1. The molecule has 0 radical (unpaired) electrons. The highest BCUT2D eigenvalue weighted by Gasteiger charge is 2.17. The summed E-state index contributed by atoms with van der Waals surface area (Å²) in [5.74, 6) is 0.559. The first-order valence-corrected chi connectivity index (χ1v) is 6.72. The van der Waals surface area contributed by atoms with Gasteiger partial charge in [-0.3, -0.25) is 4.79 Å². The molecule has 5 heteroatoms. The van der Waals surface area contributed by atoms with Crippen LogP contribution < -0.4 is 10.1 Å². The molecule has 1 N–H and O–H groups in total. The van der Waals surface area contributed by atoms with Crippen molar-refractivity contribution < 1.29 is 9.53 Å². The van der Waals surface area contributed by atoms with E-state index in [1.54, 1.807) is 0 Å². The molecule has 0 atom stereocenters. The molecular weight excluding hydrogens is 266 g/mol. The predicted octanol–water partition coefficient (Wildman–Crippen LogP) is 2.64. The number of imidazole rings is 1. The van der Waals surface area contributed by atoms with E-state index in [4.69, 9.17) is 4.74 Å². The second kappa shape index (κ2) is 4.34. The second-order valence-corrected chi connectivity index (χ2v) is 5.07. The Balaban J connectivity index is 1.83. The standard InChI is InChI=1S/C16H13N3O2/c1-10-3-2-4-15-17-13(8-19(10)15)11-5-6-14-12(7-11)18-16(20)9-21-14/h2-8H,9H2,1H3,(H,18,20). The SMILES string of the molecule is Cc1cccc2nc(-c3ccc4c(c3)NC(=O)CO4)cn12. The Kier molecular flexibility index (Phi) is 2.47. The molecule has 0 fully saturated rings. The van der Waals surface area contributed by atoms with Crippen molar-refractivity contribution in [1.29, 1.82) is 0 Å². The molecule has 21 heavy (non-hydrogen) atoms. The molecule has 1 amide bonds. The normalized spacial score (nSPS) is 13.7. The third kappa shape index (κ3) is 1.94. The van der Waals surface area contributed by atoms with Gasteiger partial charge in [-0.1, -0.05) is 6.07 Å². The monoisotopic (exact) mass is 279 g/mol. The molecule has 104 valence electrons. The number of hydrogen-bond acceptors (Lipinski definition) is 3. The van der Waals surface area contributed by atoms with Gasteiger partial charge in [0.1, 0.15) is 11.4 Å². The van der Waals surface area contributed by atoms with E-state index in [1.807, 2.05) is 53.9 Å². The van der Waals surface area contributed by atoms with Crippen LogP contribution in [0.25, 0.3) is 16.9 Å². The molecule has 3 aromatic rings. The third-order valence-electron chi connectivity index (χ3n) is 3.60. The molecule has 0 spiro atoms. The minimum atomic E-state index is -0.134. The summed E-state index contributed by atoms with van der Waals surface area (Å²) in [6.07, 6.45) is 2.00. The summed E-state index contributed by atoms with van der Waals surface area (Å²) in [4.78, 5) is 16.0. The maximum atomic E-state index is 11.4. The number of anilines is 1. The van der Waals surface area contributed by atoms with Crippen LogP contribution in [0.1, 0.15) is 5.69 Å². The summed E-state index contributed by atoms with van der Waals surface area (Å²) in [7, 11) is 0. The number of nitrogens with one attached hydrogen (secondary N) is 1. The number of amides is 1. The fourth-order valence-corrected chi connectivity index (χ4v) is 2.53. The number of benzene rings is 1. The number of hydrogen-bond donors (Lipinski definition) is 1. The Bertz CT molecular complexity index is 867. The first kappa shape index (κ1) is 12.0. The van der Waals surface area contributed by atoms with E-state index >= 15 is 0 Å². The van der Waals surface area contributed by atoms with Gasteiger partial charge in [0.05, 0.1) is 11.4 Å². The number of ether oxygens (including phenoxy) is 1. The fourth-order valence-electron chi connectivity index (χ4n) is 2.53. The van der Waals surface area contributed by atoms with Gasteiger partial charge in [0.2, 0.25) is 0 Å². The molecule has 0 unspecified atom stereocenters. The zero-order valence-corrected chi connectivity index (χ0v) is 11.5. The van der Waals surface area contributed by atoms with Gasteiger partial charge in [0.25, 0.3) is 5.91 Å². The van der Waals surface area contributed by atoms with E-state index in [0.29, 0.717) is 11.4 Å². The highest BCUT2D eigenvalue weighted by molar-refractivity contribution is 5.96. The van der Waals surface area contributed by atoms with Crippen molar-refractivity contribution in [2.24, 2.45) is 0 Å². The molecule has 0 saturated carbocycles. The number of rotatable bonds is 1. The zero-order valence-electron chi connectivity index (χ0n) is 11.5. The lowest BCUT2D eigenvalue weighted by Crippen LogP contribution is -2.25. The lowest BCUT2D eigenvalue weighted by Gasteiger charge is -2.18. The van der Waals surface area contributed by atoms with E-state index < -0.39 is 0 Å². The van der Waals surface area contributed by atoms with Crippen molar-refractivity contribution in [2.75, 3.05) is 11.9 Å². The molecule has 2 aromatic heterocycles. The van der Waals surface area contributed by atoms with Crippen molar-refractivity contribution in [3.05, 3.63) is 48.3 Å². The van der Waals surface area contributed by atoms with Crippen LogP contribution in [0.2, 0.25) is 0 Å². The molecule has 1 aromatic carbocycles. The summed E-state index contributed by atoms with van der Waals surface area (Å²) in [5.41, 5.74) is 4.54. The van der Waals surface area contributed by atoms with Crippen molar-refractivity contribution in [1.82, 2.24) is 9.38 Å². The Morgan fingerprint density at radius 2 is 2.19 bits per heavy atom. The first-order chi connectivity index (χ1) is 10.2. The van der Waals surface area contributed by atoms with Gasteiger partial charge in [-0.15, -0.1) is 0 Å². The van der Waals surface area contributed by atoms with Gasteiger partial charge in [-0.2, -0.15) is 0 Å². The van der Waals surface area contributed by atoms with Crippen molar-refractivity contribution in [2.45, 2.75) is 6.92 Å². The minimum absolute atomic E-state index is 0.0694. The summed E-state index contributed by atoms with van der Waals surface area (Å²) < 4.78 is 7.41. The number of nitrogens with zero attached hydrogens (tertiary/aromatic N) is 2. The first-order valence-electron chi connectivity index (χ1n) is 6.72. The van der Waals surface area contributed by atoms with Crippen molar-refractivity contribution >= 4 is 17.2 Å². The third-order valence-corrected chi connectivity index (χ3v) is 3.60. The molecular formula is C16H13N3O2. The van der Waals surface area contributed by atoms with E-state index in [0.717, 1.165) is 22.6 Å². The molecule has 0 aliphatic carbocycles. The van der Waals surface area contributed by atoms with Crippen LogP contribution in [0.15, 0.2) is 42.6 Å². The maximum absolute atomic E-state index is 11.4. The predicted molar refractivity (Wildman–Crippen MR) is 79.5 cm³/mol. The van der Waals surface area contributed by atoms with E-state index in [2.05, 4.69) is 10.3 Å². The number of aromatic nitrogens is 2. The lowest BCUT2D eigenvalue weighted by molar-refractivity contribution is -0.118. The zero-order chi connectivity index (χ0) is 14.4. The Hall–Kier alpha value is -2.82. The molecule has 5 nitrogen and oxygen atoms in total. The number of carbonyl (C=O) groups excluding carboxylic acids is 1. The van der Waals surface area contributed by atoms with Gasteiger partial charge >= 0.3 is 0 Å². The summed E-state index contributed by atoms with van der Waals surface area (Å²) in [6.45, 7) is 2.11. The number of carbonyl (C=O) groups is 1. The highest BCUT2D eigenvalue weighted by Crippen LogP contribution is 2.32. The Morgan fingerprint density at radius 3 is 3.05 bits per heavy atom. The average Bonchev–Trinajstić information content (AvgIpc) is 2.92. The van der Waals surface area contributed by atoms with E-state index in [9.17, 15) is 4.79 Å². The summed E-state index contributed by atoms with van der Waals surface area (Å²) in [6, 6.07) is 11.7. The van der Waals surface area contributed by atoms with Gasteiger partial charge in [-0.05, 0) is 37.3 Å². The molecule has 4 rings (SSSR count). The number of aryl methyl sites for hydroxylation is 1. The summed E-state index contributed by atoms with van der Waals surface area (Å²) >= 11 is 0. The van der Waals surface area contributed by atoms with Crippen LogP contribution in [-0.4, -0.2) is 21.9 Å². The van der Waals surface area contributed by atoms with Crippen LogP contribution in [0, 0.1) is 6.92 Å². The van der Waals surface area contributed by atoms with Crippen LogP contribution >= 0.6 is 0 Å². The Morgan fingerprint density at radius 1 is 1.29 bits per heavy atom. The largest absolute Gasteiger partial charge is 0.482 e. The van der Waals surface area contributed by atoms with Gasteiger partial charge in [0, 0.05) is 17.5 Å². The van der Waals surface area contributed by atoms with Gasteiger partial charge in [0.15, 0.2) is 6.61 Å². The van der Waals surface area contributed by atoms with Crippen LogP contribution in [0.3, 0.4) is 0 Å². The van der Waals surface area contributed by atoms with Crippen LogP contribution in [-0.2, 0) is 4.79 Å². The molecule has 0 saturated heterocycles. The van der Waals surface area contributed by atoms with E-state index in [1.165, 1.54) is 0 Å². The molecule has 1 aliphatic heterocycles. The van der Waals surface area contributed by atoms with Crippen LogP contribution in [0.4, 0.5) is 5.69 Å². The average molecular weight is 279 g/mol. The van der Waals surface area contributed by atoms with Crippen LogP contribution in [0.5, 0.6) is 5.75 Å². The molecule has 1 aliphatic rings. The van der Waals surface area contributed by atoms with Crippen molar-refractivity contribution in [3.63, 3.8) is 0 Å². The van der Waals surface area contributed by atoms with E-state index in [-0.39, 0.29) is 12.5 Å². The Labute approximate surface area is 121 Å². The smallest absolute Gasteiger partial charge is 0.262 e. The fraction of sp³-hybridized carbons (Fsp3) is 0.125. The number of fused-ring (bicyclic) bond motifs is 2. The quantitative estimate of drug-likeness (QED) is 0.745. The highest BCUT2D eigenvalue weighted by atomic mass is 16.5. The second-order valence-electron chi connectivity index (χ2n) is 5.07.